The number of phosphoric ester groups is 2. The summed E-state index contributed by atoms with van der Waals surface area (Å²) in [6, 6.07) is 0. The average molecular weight is 953 g/mol. The maximum Gasteiger partial charge on any atom is 0.472 e. The molecule has 0 aromatic rings. The zero-order valence-corrected chi connectivity index (χ0v) is 40.4. The lowest BCUT2D eigenvalue weighted by molar-refractivity contribution is -0.161. The molecule has 0 spiro atoms. The van der Waals surface area contributed by atoms with Gasteiger partial charge in [-0.15, -0.1) is 0 Å². The molecule has 1 unspecified atom stereocenters. The molecule has 0 bridgehead atoms. The number of unbranched alkanes of at least 4 members (excludes halogenated alkanes) is 15. The number of ether oxygens (including phenoxy) is 2. The van der Waals surface area contributed by atoms with Gasteiger partial charge in [0.25, 0.3) is 0 Å². The standard InChI is InChI=1S/C46H82O16P2/c1-3-5-7-8-9-10-11-12-13-14-15-16-17-18-19-20-25-29-45(51)58-36-40(37-61-64(56,57)60-35-39(48)34-59-63(53,54)55)62-46(52)30-26-22-21-24-28-41-42(44(50)33-43(41)49)32-31-38(47)27-23-6-4-2/h9-10,12-13,31-32,38-43,47-49H,3-8,11,14-30,33-37H2,1-2H3,(H,56,57)(H2,53,54,55)/b10-9-,13-12-,32-31+/t38-,39-,40+,41+,42+,43-/m0/s1. The van der Waals surface area contributed by atoms with Gasteiger partial charge in [0.15, 0.2) is 6.10 Å². The molecular formula is C46H82O16P2. The van der Waals surface area contributed by atoms with Crippen LogP contribution in [0.2, 0.25) is 0 Å². The van der Waals surface area contributed by atoms with Crippen LogP contribution in [0.5, 0.6) is 0 Å². The SMILES string of the molecule is CCCCC/C=C\C/C=C\CCCCCCCCCC(=O)OC[C@H](COP(=O)(O)OC[C@@H](O)COP(=O)(O)O)OC(=O)CCCCCC[C@H]1[C@@H](O)CC(=O)[C@@H]1/C=C/[C@@H](O)CCCCC. The van der Waals surface area contributed by atoms with Crippen LogP contribution in [0, 0.1) is 11.8 Å². The number of aliphatic hydroxyl groups excluding tert-OH is 3. The van der Waals surface area contributed by atoms with Crippen molar-refractivity contribution in [2.24, 2.45) is 11.8 Å². The summed E-state index contributed by atoms with van der Waals surface area (Å²) >= 11 is 0. The quantitative estimate of drug-likeness (QED) is 0.0145. The van der Waals surface area contributed by atoms with E-state index in [9.17, 15) is 43.7 Å². The third kappa shape index (κ3) is 33.4. The number of phosphoric acid groups is 2. The highest BCUT2D eigenvalue weighted by Gasteiger charge is 2.39. The van der Waals surface area contributed by atoms with Gasteiger partial charge in [-0.3, -0.25) is 28.0 Å². The lowest BCUT2D eigenvalue weighted by Crippen LogP contribution is -2.30. The van der Waals surface area contributed by atoms with Crippen LogP contribution in [-0.4, -0.2) is 98.6 Å². The van der Waals surface area contributed by atoms with Gasteiger partial charge in [0.1, 0.15) is 18.5 Å². The number of aliphatic hydroxyl groups is 3. The van der Waals surface area contributed by atoms with Crippen LogP contribution in [-0.2, 0) is 46.6 Å². The van der Waals surface area contributed by atoms with Crippen molar-refractivity contribution >= 4 is 33.4 Å². The fourth-order valence-corrected chi connectivity index (χ4v) is 8.38. The van der Waals surface area contributed by atoms with Crippen molar-refractivity contribution in [3.63, 3.8) is 0 Å². The number of hydrogen-bond acceptors (Lipinski definition) is 13. The lowest BCUT2D eigenvalue weighted by atomic mass is 9.88. The predicted molar refractivity (Wildman–Crippen MR) is 245 cm³/mol. The van der Waals surface area contributed by atoms with E-state index in [0.29, 0.717) is 38.5 Å². The van der Waals surface area contributed by atoms with Gasteiger partial charge in [-0.2, -0.15) is 0 Å². The van der Waals surface area contributed by atoms with Crippen molar-refractivity contribution in [2.45, 2.75) is 199 Å². The van der Waals surface area contributed by atoms with E-state index in [-0.39, 0.29) is 31.0 Å². The van der Waals surface area contributed by atoms with Crippen LogP contribution < -0.4 is 0 Å². The van der Waals surface area contributed by atoms with Crippen molar-refractivity contribution in [3.05, 3.63) is 36.5 Å². The fourth-order valence-electron chi connectivity index (χ4n) is 7.22. The predicted octanol–water partition coefficient (Wildman–Crippen LogP) is 9.04. The van der Waals surface area contributed by atoms with Crippen LogP contribution in [0.15, 0.2) is 36.5 Å². The molecule has 1 fully saturated rings. The second-order valence-corrected chi connectivity index (χ2v) is 19.5. The Bertz CT molecular complexity index is 1430. The molecule has 0 heterocycles. The third-order valence-corrected chi connectivity index (χ3v) is 12.3. The van der Waals surface area contributed by atoms with Crippen LogP contribution in [0.1, 0.15) is 174 Å². The first kappa shape index (κ1) is 59.9. The van der Waals surface area contributed by atoms with Gasteiger partial charge >= 0.3 is 27.6 Å². The Kier molecular flexibility index (Phi) is 34.6. The molecule has 0 aliphatic heterocycles. The van der Waals surface area contributed by atoms with Crippen molar-refractivity contribution in [2.75, 3.05) is 26.4 Å². The summed E-state index contributed by atoms with van der Waals surface area (Å²) in [5, 5.41) is 30.6. The summed E-state index contributed by atoms with van der Waals surface area (Å²) in [6.07, 6.45) is 28.9. The molecule has 372 valence electrons. The zero-order valence-electron chi connectivity index (χ0n) is 38.6. The van der Waals surface area contributed by atoms with Crippen molar-refractivity contribution in [1.29, 1.82) is 0 Å². The van der Waals surface area contributed by atoms with Crippen molar-refractivity contribution < 1.29 is 76.6 Å². The molecule has 7 atom stereocenters. The van der Waals surface area contributed by atoms with E-state index in [2.05, 4.69) is 47.2 Å². The number of ketones is 1. The number of Topliss-reactive ketones (excluding diaryl/α,β-unsaturated/α-hetero) is 1. The van der Waals surface area contributed by atoms with Crippen molar-refractivity contribution in [1.82, 2.24) is 0 Å². The van der Waals surface area contributed by atoms with Gasteiger partial charge in [-0.1, -0.05) is 134 Å². The summed E-state index contributed by atoms with van der Waals surface area (Å²) in [4.78, 5) is 65.6. The number of rotatable bonds is 41. The smallest absolute Gasteiger partial charge is 0.462 e. The molecule has 0 saturated heterocycles. The average Bonchev–Trinajstić information content (AvgIpc) is 3.51. The van der Waals surface area contributed by atoms with Gasteiger partial charge in [0, 0.05) is 25.2 Å². The molecule has 0 radical (unpaired) electrons. The second-order valence-electron chi connectivity index (χ2n) is 16.8. The summed E-state index contributed by atoms with van der Waals surface area (Å²) in [5.74, 6) is -1.92. The monoisotopic (exact) mass is 953 g/mol. The minimum atomic E-state index is -4.90. The Morgan fingerprint density at radius 1 is 0.688 bits per heavy atom. The molecule has 1 saturated carbocycles. The molecule has 0 aromatic carbocycles. The number of esters is 2. The van der Waals surface area contributed by atoms with E-state index in [1.807, 2.05) is 0 Å². The Labute approximate surface area is 382 Å². The first-order chi connectivity index (χ1) is 30.6. The zero-order chi connectivity index (χ0) is 47.5. The van der Waals surface area contributed by atoms with Crippen LogP contribution in [0.4, 0.5) is 0 Å². The maximum absolute atomic E-state index is 12.8. The van der Waals surface area contributed by atoms with Gasteiger partial charge in [-0.05, 0) is 63.7 Å². The van der Waals surface area contributed by atoms with Gasteiger partial charge in [0.05, 0.1) is 32.0 Å². The highest BCUT2D eigenvalue weighted by atomic mass is 31.2. The topological polar surface area (TPSA) is 253 Å². The number of hydrogen-bond donors (Lipinski definition) is 6. The minimum Gasteiger partial charge on any atom is -0.462 e. The molecule has 18 heteroatoms. The normalized spacial score (nSPS) is 19.4. The van der Waals surface area contributed by atoms with E-state index in [1.54, 1.807) is 12.2 Å². The third-order valence-electron chi connectivity index (χ3n) is 10.9. The van der Waals surface area contributed by atoms with E-state index < -0.39 is 84.3 Å². The number of carbonyl (C=O) groups is 3. The second kappa shape index (κ2) is 37.0. The molecule has 1 aliphatic carbocycles. The molecule has 1 aliphatic rings. The molecule has 0 aromatic heterocycles. The minimum absolute atomic E-state index is 0.0110. The Morgan fingerprint density at radius 2 is 1.23 bits per heavy atom. The molecule has 1 rings (SSSR count). The van der Waals surface area contributed by atoms with Crippen molar-refractivity contribution in [3.8, 4) is 0 Å². The van der Waals surface area contributed by atoms with E-state index in [1.165, 1.54) is 19.3 Å². The largest absolute Gasteiger partial charge is 0.472 e. The van der Waals surface area contributed by atoms with E-state index >= 15 is 0 Å². The molecule has 6 N–H and O–H groups in total. The highest BCUT2D eigenvalue weighted by molar-refractivity contribution is 7.47. The fraction of sp³-hybridized carbons (Fsp3) is 0.804. The van der Waals surface area contributed by atoms with Gasteiger partial charge in [0.2, 0.25) is 0 Å². The summed E-state index contributed by atoms with van der Waals surface area (Å²) in [5.41, 5.74) is 0. The Morgan fingerprint density at radius 3 is 1.88 bits per heavy atom. The molecule has 16 nitrogen and oxygen atoms in total. The first-order valence-corrected chi connectivity index (χ1v) is 26.8. The number of carbonyl (C=O) groups excluding carboxylic acids is 3. The Hall–Kier alpha value is -2.07. The van der Waals surface area contributed by atoms with Crippen LogP contribution in [0.25, 0.3) is 0 Å². The summed E-state index contributed by atoms with van der Waals surface area (Å²) < 4.78 is 47.9. The Balaban J connectivity index is 2.51. The van der Waals surface area contributed by atoms with Crippen LogP contribution >= 0.6 is 15.6 Å². The molecular weight excluding hydrogens is 870 g/mol. The summed E-state index contributed by atoms with van der Waals surface area (Å²) in [7, 11) is -9.78. The summed E-state index contributed by atoms with van der Waals surface area (Å²) in [6.45, 7) is 1.37. The molecule has 0 amide bonds. The first-order valence-electron chi connectivity index (χ1n) is 23.8. The lowest BCUT2D eigenvalue weighted by Gasteiger charge is -2.20. The highest BCUT2D eigenvalue weighted by Crippen LogP contribution is 2.44. The molecule has 64 heavy (non-hydrogen) atoms. The van der Waals surface area contributed by atoms with Gasteiger partial charge in [-0.25, -0.2) is 9.13 Å². The number of allylic oxidation sites excluding steroid dienone is 5. The van der Waals surface area contributed by atoms with Crippen LogP contribution in [0.3, 0.4) is 0 Å². The maximum atomic E-state index is 12.8. The van der Waals surface area contributed by atoms with E-state index in [4.69, 9.17) is 23.8 Å². The van der Waals surface area contributed by atoms with Gasteiger partial charge < -0.3 is 39.5 Å². The van der Waals surface area contributed by atoms with E-state index in [0.717, 1.165) is 83.5 Å².